The zero-order valence-corrected chi connectivity index (χ0v) is 57.7. The van der Waals surface area contributed by atoms with Gasteiger partial charge in [-0.2, -0.15) is 0 Å². The van der Waals surface area contributed by atoms with Gasteiger partial charge in [0, 0.05) is 58.8 Å². The van der Waals surface area contributed by atoms with Crippen molar-refractivity contribution < 1.29 is 63.3 Å². The van der Waals surface area contributed by atoms with Crippen LogP contribution in [0.25, 0.3) is 10.8 Å². The Balaban J connectivity index is 1.12. The van der Waals surface area contributed by atoms with Crippen LogP contribution in [0.1, 0.15) is 80.2 Å². The number of hydrogen-bond acceptors (Lipinski definition) is 15. The lowest BCUT2D eigenvalue weighted by Crippen LogP contribution is -2.60. The summed E-state index contributed by atoms with van der Waals surface area (Å²) < 4.78 is 0. The summed E-state index contributed by atoms with van der Waals surface area (Å²) in [6, 6.07) is 33.1. The maximum atomic E-state index is 15.0. The van der Waals surface area contributed by atoms with Crippen molar-refractivity contribution >= 4 is 81.8 Å². The Morgan fingerprint density at radius 2 is 0.893 bits per heavy atom. The number of aliphatic carboxylic acids is 1. The van der Waals surface area contributed by atoms with Crippen molar-refractivity contribution in [1.82, 2.24) is 52.8 Å². The zero-order chi connectivity index (χ0) is 74.4. The molecule has 0 radical (unpaired) electrons. The first-order chi connectivity index (χ1) is 49.4. The van der Waals surface area contributed by atoms with E-state index < -0.39 is 126 Å². The lowest BCUT2D eigenvalue weighted by Gasteiger charge is -2.30. The number of nitrogens with two attached hydrogens (primary N) is 4. The Labute approximate surface area is 597 Å². The predicted molar refractivity (Wildman–Crippen MR) is 388 cm³/mol. The lowest BCUT2D eigenvalue weighted by atomic mass is 9.99. The molecule has 29 heteroatoms. The van der Waals surface area contributed by atoms with Crippen LogP contribution in [-0.4, -0.2) is 184 Å². The van der Waals surface area contributed by atoms with Gasteiger partial charge in [-0.1, -0.05) is 146 Å². The van der Waals surface area contributed by atoms with E-state index in [9.17, 15) is 63.3 Å². The van der Waals surface area contributed by atoms with Crippen molar-refractivity contribution in [3.63, 3.8) is 0 Å². The Kier molecular flexibility index (Phi) is 30.7. The molecule has 29 nitrogen and oxygen atoms in total. The van der Waals surface area contributed by atoms with Gasteiger partial charge in [-0.05, 0) is 103 Å². The van der Waals surface area contributed by atoms with Crippen LogP contribution in [0.2, 0.25) is 0 Å². The van der Waals surface area contributed by atoms with Gasteiger partial charge in [-0.15, -0.1) is 0 Å². The predicted octanol–water partition coefficient (Wildman–Crippen LogP) is 0.110. The van der Waals surface area contributed by atoms with Gasteiger partial charge in [0.1, 0.15) is 54.1 Å². The minimum absolute atomic E-state index is 0.0111. The minimum atomic E-state index is -1.42. The third-order valence-corrected chi connectivity index (χ3v) is 17.3. The lowest BCUT2D eigenvalue weighted by molar-refractivity contribution is -0.144. The second kappa shape index (κ2) is 40.1. The SMILES string of the molecule is CC(=O)N[C@@H](Cc1ccc2ccccc2c1)C(=O)N[C@@H](Cc1ccccc1)C(=O)N[C@@H](Cc1ccccc1)C(=O)N[C@@H](CO)CN[C@@H](Cc1ccc(O)cc1)C(=O)N[C@@H](CCCN=C(N)N)C(=O)N[C@@H](Cc1ccccc1)C(=O)N[C@@H](CCCN=C(N)N)C(=O)N1CCC[C@@H]1C(=O)N[C@@H](C)C(=O)O. The van der Waals surface area contributed by atoms with Crippen LogP contribution in [0, 0.1) is 0 Å². The van der Waals surface area contributed by atoms with E-state index >= 15 is 0 Å². The highest BCUT2D eigenvalue weighted by molar-refractivity contribution is 5.98. The molecule has 0 aromatic heterocycles. The van der Waals surface area contributed by atoms with E-state index in [1.807, 2.05) is 42.5 Å². The van der Waals surface area contributed by atoms with E-state index in [4.69, 9.17) is 22.9 Å². The summed E-state index contributed by atoms with van der Waals surface area (Å²) in [5, 5.41) is 57.9. The number of aliphatic imine (C=N–C) groups is 2. The molecule has 0 spiro atoms. The molecule has 6 aromatic rings. The van der Waals surface area contributed by atoms with E-state index in [2.05, 4.69) is 57.8 Å². The first-order valence-electron chi connectivity index (χ1n) is 34.2. The van der Waals surface area contributed by atoms with Crippen molar-refractivity contribution in [3.05, 3.63) is 186 Å². The molecule has 6 aromatic carbocycles. The topological polar surface area (TPSA) is 472 Å². The molecule has 1 aliphatic rings. The summed E-state index contributed by atoms with van der Waals surface area (Å²) in [5.41, 5.74) is 25.7. The van der Waals surface area contributed by atoms with E-state index in [0.29, 0.717) is 28.7 Å². The fraction of sp³-hybridized carbons (Fsp3) is 0.378. The third kappa shape index (κ3) is 25.9. The molecule has 548 valence electrons. The molecule has 10 atom stereocenters. The molecule has 1 aliphatic heterocycles. The molecular formula is C74H94N16O13. The molecule has 1 fully saturated rings. The summed E-state index contributed by atoms with van der Waals surface area (Å²) in [4.78, 5) is 150. The average molecular weight is 1420 g/mol. The van der Waals surface area contributed by atoms with Crippen LogP contribution in [0.3, 0.4) is 0 Å². The van der Waals surface area contributed by atoms with Crippen LogP contribution < -0.4 is 70.8 Å². The number of phenols is 1. The van der Waals surface area contributed by atoms with Crippen molar-refractivity contribution in [2.75, 3.05) is 32.8 Å². The largest absolute Gasteiger partial charge is 0.508 e. The normalized spacial score (nSPS) is 15.1. The average Bonchev–Trinajstić information content (AvgIpc) is 1.81. The second-order valence-corrected chi connectivity index (χ2v) is 25.4. The van der Waals surface area contributed by atoms with Gasteiger partial charge in [-0.3, -0.25) is 57.9 Å². The summed E-state index contributed by atoms with van der Waals surface area (Å²) in [6.45, 7) is 1.75. The molecule has 0 saturated carbocycles. The molecule has 0 aliphatic carbocycles. The van der Waals surface area contributed by atoms with E-state index in [0.717, 1.165) is 16.3 Å². The standard InChI is InChI=1S/C74H94N16O13/c1-45(72(102)103)82-70(100)63-27-16-36-90(63)71(101)57(26-15-35-80-74(77)78)86-68(98)61(40-48-19-8-4-9-20-48)87-64(94)56(25-14-34-79-73(75)76)85-65(95)58(38-50-29-32-55(93)33-30-50)81-43-54(44-91)84-66(96)60(39-47-17-6-3-7-18-47)88-69(99)62(41-49-21-10-5-11-22-49)89-67(97)59(83-46(2)92)42-51-28-31-52-23-12-13-24-53(52)37-51/h3-13,17-24,28-33,37,45,54,56-63,81,91,93H,14-16,25-27,34-36,38-44H2,1-2H3,(H,82,100)(H,83,92)(H,84,96)(H,85,95)(H,86,98)(H,87,94)(H,88,99)(H,89,97)(H,102,103)(H4,75,76,79)(H4,77,78,80)/t45-,54+,56-,57-,58-,59-,60-,61-,62-,63+/m0/s1. The molecular weight excluding hydrogens is 1320 g/mol. The highest BCUT2D eigenvalue weighted by Gasteiger charge is 2.40. The van der Waals surface area contributed by atoms with Gasteiger partial charge in [0.2, 0.25) is 53.2 Å². The number of carboxylic acids is 1. The number of amides is 9. The number of benzene rings is 6. The number of aliphatic hydroxyl groups is 1. The quantitative estimate of drug-likeness (QED) is 0.0138. The number of aliphatic hydroxyl groups excluding tert-OH is 1. The molecule has 103 heavy (non-hydrogen) atoms. The molecule has 7 rings (SSSR count). The van der Waals surface area contributed by atoms with Gasteiger partial charge >= 0.3 is 5.97 Å². The third-order valence-electron chi connectivity index (χ3n) is 17.3. The number of carboxylic acid groups (broad SMARTS) is 1. The molecule has 9 amide bonds. The van der Waals surface area contributed by atoms with Crippen molar-refractivity contribution in [3.8, 4) is 5.75 Å². The number of guanidine groups is 2. The fourth-order valence-electron chi connectivity index (χ4n) is 11.9. The van der Waals surface area contributed by atoms with Crippen molar-refractivity contribution in [2.45, 2.75) is 145 Å². The minimum Gasteiger partial charge on any atom is -0.508 e. The first-order valence-corrected chi connectivity index (χ1v) is 34.2. The van der Waals surface area contributed by atoms with Crippen LogP contribution in [0.5, 0.6) is 5.75 Å². The number of nitrogens with zero attached hydrogens (tertiary/aromatic N) is 3. The van der Waals surface area contributed by atoms with E-state index in [1.54, 1.807) is 103 Å². The summed E-state index contributed by atoms with van der Waals surface area (Å²) in [7, 11) is 0. The van der Waals surface area contributed by atoms with Crippen molar-refractivity contribution in [2.24, 2.45) is 32.9 Å². The number of nitrogens with one attached hydrogen (secondary N) is 9. The summed E-state index contributed by atoms with van der Waals surface area (Å²) in [6.07, 6.45) is 0.527. The van der Waals surface area contributed by atoms with Crippen LogP contribution in [0.15, 0.2) is 168 Å². The first kappa shape index (κ1) is 78.9. The fourth-order valence-corrected chi connectivity index (χ4v) is 11.9. The Bertz CT molecular complexity index is 3900. The molecule has 0 unspecified atom stereocenters. The smallest absolute Gasteiger partial charge is 0.325 e. The summed E-state index contributed by atoms with van der Waals surface area (Å²) >= 11 is 0. The van der Waals surface area contributed by atoms with Crippen molar-refractivity contribution in [1.29, 1.82) is 0 Å². The number of likely N-dealkylation sites (tertiary alicyclic amines) is 1. The van der Waals surface area contributed by atoms with Crippen LogP contribution >= 0.6 is 0 Å². The highest BCUT2D eigenvalue weighted by Crippen LogP contribution is 2.22. The van der Waals surface area contributed by atoms with E-state index in [1.165, 1.54) is 30.9 Å². The van der Waals surface area contributed by atoms with Gasteiger partial charge in [0.05, 0.1) is 18.7 Å². The number of aromatic hydroxyl groups is 1. The number of hydrogen-bond donors (Lipinski definition) is 16. The molecule has 1 heterocycles. The van der Waals surface area contributed by atoms with Gasteiger partial charge in [-0.25, -0.2) is 0 Å². The van der Waals surface area contributed by atoms with Crippen LogP contribution in [0.4, 0.5) is 0 Å². The second-order valence-electron chi connectivity index (χ2n) is 25.4. The monoisotopic (exact) mass is 1410 g/mol. The highest BCUT2D eigenvalue weighted by atomic mass is 16.4. The Morgan fingerprint density at radius 3 is 1.39 bits per heavy atom. The molecule has 1 saturated heterocycles. The maximum Gasteiger partial charge on any atom is 0.325 e. The number of rotatable bonds is 39. The summed E-state index contributed by atoms with van der Waals surface area (Å²) in [5.74, 6) is -8.22. The zero-order valence-electron chi connectivity index (χ0n) is 57.7. The van der Waals surface area contributed by atoms with E-state index in [-0.39, 0.29) is 108 Å². The molecule has 0 bridgehead atoms. The number of phenolic OH excluding ortho intramolecular Hbond substituents is 1. The van der Waals surface area contributed by atoms with Gasteiger partial charge in [0.15, 0.2) is 11.9 Å². The number of carbonyl (C=O) groups is 10. The maximum absolute atomic E-state index is 15.0. The number of carbonyl (C=O) groups excluding carboxylic acids is 9. The van der Waals surface area contributed by atoms with Gasteiger partial charge < -0.3 is 91.0 Å². The number of fused-ring (bicyclic) bond motifs is 1. The van der Waals surface area contributed by atoms with Gasteiger partial charge in [0.25, 0.3) is 0 Å². The Morgan fingerprint density at radius 1 is 0.485 bits per heavy atom. The Hall–Kier alpha value is -11.5. The van der Waals surface area contributed by atoms with Crippen LogP contribution in [-0.2, 0) is 80.0 Å². The molecule has 20 N–H and O–H groups in total.